The van der Waals surface area contributed by atoms with Gasteiger partial charge in [0.25, 0.3) is 0 Å². The lowest BCUT2D eigenvalue weighted by molar-refractivity contribution is 0.106. The molecule has 0 amide bonds. The van der Waals surface area contributed by atoms with Gasteiger partial charge in [0.2, 0.25) is 0 Å². The van der Waals surface area contributed by atoms with Gasteiger partial charge >= 0.3 is 0 Å². The van der Waals surface area contributed by atoms with E-state index in [9.17, 15) is 5.11 Å². The summed E-state index contributed by atoms with van der Waals surface area (Å²) in [7, 11) is 0. The molecule has 2 fully saturated rings. The molecule has 0 aromatic heterocycles. The molecular formula is C18H28N2O. The van der Waals surface area contributed by atoms with Gasteiger partial charge in [-0.3, -0.25) is 0 Å². The highest BCUT2D eigenvalue weighted by Gasteiger charge is 2.38. The molecule has 3 nitrogen and oxygen atoms in total. The van der Waals surface area contributed by atoms with E-state index in [1.54, 1.807) is 0 Å². The number of aliphatic hydroxyl groups excluding tert-OH is 1. The molecular weight excluding hydrogens is 260 g/mol. The van der Waals surface area contributed by atoms with Gasteiger partial charge in [0, 0.05) is 12.6 Å². The minimum atomic E-state index is -0.299. The second-order valence-electron chi connectivity index (χ2n) is 6.72. The number of hydrogen-bond acceptors (Lipinski definition) is 3. The topological polar surface area (TPSA) is 35.5 Å². The van der Waals surface area contributed by atoms with Crippen molar-refractivity contribution in [1.29, 1.82) is 0 Å². The molecule has 1 atom stereocenters. The SMILES string of the molecule is OCC(CN1CCCCCC1)(NC1CC1)c1ccccc1. The average Bonchev–Trinajstić information content (AvgIpc) is 3.35. The quantitative estimate of drug-likeness (QED) is 0.844. The lowest BCUT2D eigenvalue weighted by Gasteiger charge is -2.38. The van der Waals surface area contributed by atoms with E-state index in [1.165, 1.54) is 57.2 Å². The average molecular weight is 288 g/mol. The number of nitrogens with one attached hydrogen (secondary N) is 1. The summed E-state index contributed by atoms with van der Waals surface area (Å²) in [4.78, 5) is 2.55. The maximum atomic E-state index is 10.2. The van der Waals surface area contributed by atoms with Crippen molar-refractivity contribution in [2.45, 2.75) is 50.1 Å². The predicted molar refractivity (Wildman–Crippen MR) is 86.3 cm³/mol. The molecule has 116 valence electrons. The maximum absolute atomic E-state index is 10.2. The van der Waals surface area contributed by atoms with Crippen molar-refractivity contribution in [3.8, 4) is 0 Å². The molecule has 1 aliphatic heterocycles. The Hall–Kier alpha value is -0.900. The number of rotatable bonds is 6. The predicted octanol–water partition coefficient (Wildman–Crippen LogP) is 2.50. The van der Waals surface area contributed by atoms with Gasteiger partial charge in [-0.2, -0.15) is 0 Å². The first kappa shape index (κ1) is 15.0. The van der Waals surface area contributed by atoms with Gasteiger partial charge in [0.15, 0.2) is 0 Å². The third-order valence-electron chi connectivity index (χ3n) is 4.85. The highest BCUT2D eigenvalue weighted by atomic mass is 16.3. The van der Waals surface area contributed by atoms with E-state index in [4.69, 9.17) is 0 Å². The fraction of sp³-hybridized carbons (Fsp3) is 0.667. The van der Waals surface area contributed by atoms with Crippen LogP contribution in [0.1, 0.15) is 44.1 Å². The van der Waals surface area contributed by atoms with E-state index in [2.05, 4.69) is 40.5 Å². The molecule has 1 unspecified atom stereocenters. The van der Waals surface area contributed by atoms with Crippen LogP contribution in [-0.4, -0.2) is 42.3 Å². The van der Waals surface area contributed by atoms with Gasteiger partial charge < -0.3 is 15.3 Å². The zero-order valence-electron chi connectivity index (χ0n) is 12.9. The zero-order chi connectivity index (χ0) is 14.5. The standard InChI is InChI=1S/C18H28N2O/c21-15-18(19-17-10-11-17,16-8-4-3-5-9-16)14-20-12-6-1-2-7-13-20/h3-5,8-9,17,19,21H,1-2,6-7,10-15H2. The number of aliphatic hydroxyl groups is 1. The first-order valence-corrected chi connectivity index (χ1v) is 8.49. The molecule has 21 heavy (non-hydrogen) atoms. The molecule has 2 aliphatic rings. The molecule has 0 bridgehead atoms. The Labute approximate surface area is 128 Å². The lowest BCUT2D eigenvalue weighted by Crippen LogP contribution is -2.54. The largest absolute Gasteiger partial charge is 0.394 e. The summed E-state index contributed by atoms with van der Waals surface area (Å²) in [5.74, 6) is 0. The molecule has 3 heteroatoms. The second-order valence-corrected chi connectivity index (χ2v) is 6.72. The van der Waals surface area contributed by atoms with Crippen molar-refractivity contribution in [3.63, 3.8) is 0 Å². The maximum Gasteiger partial charge on any atom is 0.0799 e. The van der Waals surface area contributed by atoms with E-state index in [0.29, 0.717) is 6.04 Å². The highest BCUT2D eigenvalue weighted by Crippen LogP contribution is 2.30. The molecule has 1 aromatic carbocycles. The van der Waals surface area contributed by atoms with Crippen LogP contribution in [0.5, 0.6) is 0 Å². The van der Waals surface area contributed by atoms with Crippen LogP contribution in [0.3, 0.4) is 0 Å². The molecule has 2 N–H and O–H groups in total. The number of nitrogens with zero attached hydrogens (tertiary/aromatic N) is 1. The Morgan fingerprint density at radius 2 is 1.71 bits per heavy atom. The molecule has 1 heterocycles. The van der Waals surface area contributed by atoms with E-state index >= 15 is 0 Å². The van der Waals surface area contributed by atoms with Gasteiger partial charge in [0.05, 0.1) is 12.1 Å². The summed E-state index contributed by atoms with van der Waals surface area (Å²) >= 11 is 0. The molecule has 1 saturated heterocycles. The van der Waals surface area contributed by atoms with Crippen LogP contribution >= 0.6 is 0 Å². The van der Waals surface area contributed by atoms with Crippen LogP contribution < -0.4 is 5.32 Å². The third-order valence-corrected chi connectivity index (χ3v) is 4.85. The first-order chi connectivity index (χ1) is 10.3. The Kier molecular flexibility index (Phi) is 4.94. The van der Waals surface area contributed by atoms with Crippen LogP contribution in [0.2, 0.25) is 0 Å². The summed E-state index contributed by atoms with van der Waals surface area (Å²) in [6.45, 7) is 3.43. The molecule has 1 aromatic rings. The van der Waals surface area contributed by atoms with E-state index in [0.717, 1.165) is 6.54 Å². The minimum Gasteiger partial charge on any atom is -0.394 e. The van der Waals surface area contributed by atoms with Crippen molar-refractivity contribution in [2.75, 3.05) is 26.2 Å². The van der Waals surface area contributed by atoms with Crippen LogP contribution in [0.15, 0.2) is 30.3 Å². The Balaban J connectivity index is 1.79. The molecule has 0 radical (unpaired) electrons. The summed E-state index contributed by atoms with van der Waals surface area (Å²) in [5.41, 5.74) is 0.927. The molecule has 0 spiro atoms. The van der Waals surface area contributed by atoms with Crippen molar-refractivity contribution >= 4 is 0 Å². The normalized spacial score (nSPS) is 23.5. The highest BCUT2D eigenvalue weighted by molar-refractivity contribution is 5.26. The molecule has 3 rings (SSSR count). The first-order valence-electron chi connectivity index (χ1n) is 8.49. The zero-order valence-corrected chi connectivity index (χ0v) is 12.9. The Morgan fingerprint density at radius 1 is 1.05 bits per heavy atom. The minimum absolute atomic E-state index is 0.171. The summed E-state index contributed by atoms with van der Waals surface area (Å²) in [6.07, 6.45) is 7.77. The van der Waals surface area contributed by atoms with E-state index in [-0.39, 0.29) is 12.1 Å². The Bertz CT molecular complexity index is 424. The number of hydrogen-bond donors (Lipinski definition) is 2. The summed E-state index contributed by atoms with van der Waals surface area (Å²) in [6, 6.07) is 11.1. The third kappa shape index (κ3) is 3.85. The fourth-order valence-electron chi connectivity index (χ4n) is 3.46. The molecule has 1 aliphatic carbocycles. The smallest absolute Gasteiger partial charge is 0.0799 e. The summed E-state index contributed by atoms with van der Waals surface area (Å²) in [5, 5.41) is 14.0. The van der Waals surface area contributed by atoms with Crippen LogP contribution in [0, 0.1) is 0 Å². The number of likely N-dealkylation sites (tertiary alicyclic amines) is 1. The van der Waals surface area contributed by atoms with Gasteiger partial charge in [-0.1, -0.05) is 43.2 Å². The number of benzene rings is 1. The van der Waals surface area contributed by atoms with Gasteiger partial charge in [-0.25, -0.2) is 0 Å². The van der Waals surface area contributed by atoms with Crippen molar-refractivity contribution in [2.24, 2.45) is 0 Å². The monoisotopic (exact) mass is 288 g/mol. The lowest BCUT2D eigenvalue weighted by atomic mass is 9.89. The van der Waals surface area contributed by atoms with Gasteiger partial charge in [0.1, 0.15) is 0 Å². The second kappa shape index (κ2) is 6.91. The van der Waals surface area contributed by atoms with Crippen molar-refractivity contribution in [3.05, 3.63) is 35.9 Å². The van der Waals surface area contributed by atoms with Gasteiger partial charge in [-0.05, 0) is 44.3 Å². The van der Waals surface area contributed by atoms with E-state index in [1.807, 2.05) is 0 Å². The van der Waals surface area contributed by atoms with Crippen LogP contribution in [0.25, 0.3) is 0 Å². The van der Waals surface area contributed by atoms with E-state index < -0.39 is 0 Å². The Morgan fingerprint density at radius 3 is 2.29 bits per heavy atom. The fourth-order valence-corrected chi connectivity index (χ4v) is 3.46. The van der Waals surface area contributed by atoms with Crippen LogP contribution in [-0.2, 0) is 5.54 Å². The van der Waals surface area contributed by atoms with Crippen LogP contribution in [0.4, 0.5) is 0 Å². The molecule has 1 saturated carbocycles. The van der Waals surface area contributed by atoms with Gasteiger partial charge in [-0.15, -0.1) is 0 Å². The van der Waals surface area contributed by atoms with Crippen molar-refractivity contribution in [1.82, 2.24) is 10.2 Å². The van der Waals surface area contributed by atoms with Crippen molar-refractivity contribution < 1.29 is 5.11 Å². The summed E-state index contributed by atoms with van der Waals surface area (Å²) < 4.78 is 0.